The molecule has 0 spiro atoms. The number of benzene rings is 10. The standard InChI is InChI=1S/C60H39NO/c1-4-15-40(16-5-1)42-29-32-50(33-30-42)61-57-28-11-10-23-53(57)56-39-46(31-34-58(56)61)48-36-47(45-22-12-21-44(35-45)41-17-6-2-7-18-41)37-49(38-48)52-25-14-27-55-54-26-13-24-51(59(54)62-60(52)55)43-19-8-3-9-20-43/h1-39H. The van der Waals surface area contributed by atoms with E-state index in [2.05, 4.69) is 241 Å². The van der Waals surface area contributed by atoms with Gasteiger partial charge < -0.3 is 8.98 Å². The number of aromatic nitrogens is 1. The lowest BCUT2D eigenvalue weighted by molar-refractivity contribution is 0.671. The van der Waals surface area contributed by atoms with Crippen LogP contribution in [0.3, 0.4) is 0 Å². The van der Waals surface area contributed by atoms with Gasteiger partial charge in [-0.3, -0.25) is 0 Å². The minimum atomic E-state index is 0.892. The zero-order chi connectivity index (χ0) is 41.0. The Hall–Kier alpha value is -8.20. The number of nitrogens with zero attached hydrogens (tertiary/aromatic N) is 1. The third kappa shape index (κ3) is 6.12. The zero-order valence-corrected chi connectivity index (χ0v) is 33.9. The monoisotopic (exact) mass is 789 g/mol. The lowest BCUT2D eigenvalue weighted by Gasteiger charge is -2.13. The minimum Gasteiger partial charge on any atom is -0.455 e. The van der Waals surface area contributed by atoms with E-state index in [4.69, 9.17) is 4.42 Å². The van der Waals surface area contributed by atoms with Crippen LogP contribution in [0, 0.1) is 0 Å². The molecule has 0 saturated carbocycles. The van der Waals surface area contributed by atoms with E-state index in [1.54, 1.807) is 0 Å². The first-order valence-corrected chi connectivity index (χ1v) is 21.2. The number of furan rings is 1. The number of fused-ring (bicyclic) bond motifs is 6. The largest absolute Gasteiger partial charge is 0.455 e. The fraction of sp³-hybridized carbons (Fsp3) is 0. The second-order valence-electron chi connectivity index (χ2n) is 16.1. The van der Waals surface area contributed by atoms with E-state index >= 15 is 0 Å². The molecule has 0 bridgehead atoms. The minimum absolute atomic E-state index is 0.892. The van der Waals surface area contributed by atoms with Gasteiger partial charge >= 0.3 is 0 Å². The second-order valence-corrected chi connectivity index (χ2v) is 16.1. The van der Waals surface area contributed by atoms with E-state index in [9.17, 15) is 0 Å². The van der Waals surface area contributed by atoms with Crippen molar-refractivity contribution in [2.75, 3.05) is 0 Å². The van der Waals surface area contributed by atoms with Crippen molar-refractivity contribution in [3.63, 3.8) is 0 Å². The Balaban J connectivity index is 1.05. The van der Waals surface area contributed by atoms with E-state index in [0.717, 1.165) is 72.1 Å². The first kappa shape index (κ1) is 35.7. The van der Waals surface area contributed by atoms with E-state index < -0.39 is 0 Å². The van der Waals surface area contributed by atoms with Crippen molar-refractivity contribution in [3.05, 3.63) is 237 Å². The highest BCUT2D eigenvalue weighted by Crippen LogP contribution is 2.43. The molecule has 0 unspecified atom stereocenters. The summed E-state index contributed by atoms with van der Waals surface area (Å²) in [5.41, 5.74) is 19.1. The van der Waals surface area contributed by atoms with Gasteiger partial charge in [-0.25, -0.2) is 0 Å². The molecule has 0 radical (unpaired) electrons. The molecular formula is C60H39NO. The van der Waals surface area contributed by atoms with E-state index in [1.807, 2.05) is 0 Å². The van der Waals surface area contributed by atoms with E-state index in [-0.39, 0.29) is 0 Å². The van der Waals surface area contributed by atoms with Crippen molar-refractivity contribution in [1.82, 2.24) is 4.57 Å². The summed E-state index contributed by atoms with van der Waals surface area (Å²) < 4.78 is 9.37. The third-order valence-electron chi connectivity index (χ3n) is 12.4. The Morgan fingerprint density at radius 3 is 1.32 bits per heavy atom. The predicted molar refractivity (Wildman–Crippen MR) is 261 cm³/mol. The van der Waals surface area contributed by atoms with Crippen LogP contribution >= 0.6 is 0 Å². The van der Waals surface area contributed by atoms with Crippen LogP contribution in [0.1, 0.15) is 0 Å². The number of rotatable bonds is 7. The normalized spacial score (nSPS) is 11.5. The first-order chi connectivity index (χ1) is 30.7. The van der Waals surface area contributed by atoms with E-state index in [0.29, 0.717) is 0 Å². The van der Waals surface area contributed by atoms with Crippen LogP contribution in [0.25, 0.3) is 116 Å². The average Bonchev–Trinajstić information content (AvgIpc) is 3.91. The average molecular weight is 790 g/mol. The van der Waals surface area contributed by atoms with Gasteiger partial charge in [0.1, 0.15) is 11.2 Å². The van der Waals surface area contributed by atoms with Gasteiger partial charge in [-0.05, 0) is 110 Å². The maximum Gasteiger partial charge on any atom is 0.143 e. The number of hydrogen-bond donors (Lipinski definition) is 0. The molecule has 2 heteroatoms. The molecule has 2 aromatic heterocycles. The molecular weight excluding hydrogens is 751 g/mol. The highest BCUT2D eigenvalue weighted by molar-refractivity contribution is 6.14. The lowest BCUT2D eigenvalue weighted by atomic mass is 9.91. The maximum atomic E-state index is 6.97. The summed E-state index contributed by atoms with van der Waals surface area (Å²) in [7, 11) is 0. The molecule has 0 amide bonds. The van der Waals surface area contributed by atoms with Crippen molar-refractivity contribution in [2.24, 2.45) is 0 Å². The molecule has 0 saturated heterocycles. The van der Waals surface area contributed by atoms with E-state index in [1.165, 1.54) is 44.1 Å². The summed E-state index contributed by atoms with van der Waals surface area (Å²) in [5.74, 6) is 0. The van der Waals surface area contributed by atoms with Gasteiger partial charge in [-0.1, -0.05) is 182 Å². The molecule has 290 valence electrons. The molecule has 62 heavy (non-hydrogen) atoms. The van der Waals surface area contributed by atoms with Crippen molar-refractivity contribution >= 4 is 43.7 Å². The molecule has 0 aliphatic heterocycles. The molecule has 0 N–H and O–H groups in total. The summed E-state index contributed by atoms with van der Waals surface area (Å²) in [4.78, 5) is 0. The summed E-state index contributed by atoms with van der Waals surface area (Å²) in [5, 5.41) is 4.67. The SMILES string of the molecule is c1ccc(-c2ccc(-n3c4ccccc4c4cc(-c5cc(-c6cccc(-c7ccccc7)c6)cc(-c6cccc7c6oc6c(-c8ccccc8)cccc67)c5)ccc43)cc2)cc1. The third-order valence-corrected chi connectivity index (χ3v) is 12.4. The van der Waals surface area contributed by atoms with Gasteiger partial charge in [-0.2, -0.15) is 0 Å². The topological polar surface area (TPSA) is 18.1 Å². The fourth-order valence-corrected chi connectivity index (χ4v) is 9.38. The summed E-state index contributed by atoms with van der Waals surface area (Å²) in [6.45, 7) is 0. The van der Waals surface area contributed by atoms with Crippen LogP contribution in [0.4, 0.5) is 0 Å². The highest BCUT2D eigenvalue weighted by atomic mass is 16.3. The molecule has 2 heterocycles. The van der Waals surface area contributed by atoms with Crippen LogP contribution < -0.4 is 0 Å². The summed E-state index contributed by atoms with van der Waals surface area (Å²) in [6, 6.07) is 85.3. The lowest BCUT2D eigenvalue weighted by Crippen LogP contribution is -1.93. The van der Waals surface area contributed by atoms with Gasteiger partial charge in [0.05, 0.1) is 11.0 Å². The molecule has 2 nitrogen and oxygen atoms in total. The molecule has 10 aromatic carbocycles. The van der Waals surface area contributed by atoms with Gasteiger partial charge in [0, 0.05) is 38.4 Å². The quantitative estimate of drug-likeness (QED) is 0.157. The van der Waals surface area contributed by atoms with Gasteiger partial charge in [-0.15, -0.1) is 0 Å². The van der Waals surface area contributed by atoms with Crippen molar-refractivity contribution in [3.8, 4) is 72.4 Å². The van der Waals surface area contributed by atoms with Gasteiger partial charge in [0.25, 0.3) is 0 Å². The molecule has 12 rings (SSSR count). The van der Waals surface area contributed by atoms with Crippen LogP contribution in [0.2, 0.25) is 0 Å². The predicted octanol–water partition coefficient (Wildman–Crippen LogP) is 16.7. The fourth-order valence-electron chi connectivity index (χ4n) is 9.38. The Morgan fingerprint density at radius 1 is 0.242 bits per heavy atom. The second kappa shape index (κ2) is 14.8. The molecule has 0 atom stereocenters. The van der Waals surface area contributed by atoms with Gasteiger partial charge in [0.2, 0.25) is 0 Å². The van der Waals surface area contributed by atoms with Crippen LogP contribution in [0.15, 0.2) is 241 Å². The first-order valence-electron chi connectivity index (χ1n) is 21.2. The van der Waals surface area contributed by atoms with Crippen LogP contribution in [-0.4, -0.2) is 4.57 Å². The Labute approximate surface area is 360 Å². The van der Waals surface area contributed by atoms with Crippen molar-refractivity contribution in [2.45, 2.75) is 0 Å². The van der Waals surface area contributed by atoms with Crippen molar-refractivity contribution < 1.29 is 4.42 Å². The Bertz CT molecular complexity index is 3600. The smallest absolute Gasteiger partial charge is 0.143 e. The van der Waals surface area contributed by atoms with Crippen LogP contribution in [-0.2, 0) is 0 Å². The molecule has 0 aliphatic carbocycles. The maximum absolute atomic E-state index is 6.97. The van der Waals surface area contributed by atoms with Crippen LogP contribution in [0.5, 0.6) is 0 Å². The molecule has 0 aliphatic rings. The Kier molecular flexibility index (Phi) is 8.53. The van der Waals surface area contributed by atoms with Gasteiger partial charge in [0.15, 0.2) is 0 Å². The summed E-state index contributed by atoms with van der Waals surface area (Å²) >= 11 is 0. The zero-order valence-electron chi connectivity index (χ0n) is 33.9. The Morgan fingerprint density at radius 2 is 0.661 bits per heavy atom. The van der Waals surface area contributed by atoms with Crippen molar-refractivity contribution in [1.29, 1.82) is 0 Å². The number of para-hydroxylation sites is 3. The molecule has 0 fully saturated rings. The highest BCUT2D eigenvalue weighted by Gasteiger charge is 2.19. The number of hydrogen-bond acceptors (Lipinski definition) is 1. The summed E-state index contributed by atoms with van der Waals surface area (Å²) in [6.07, 6.45) is 0. The molecule has 12 aromatic rings.